The Kier molecular flexibility index (Phi) is 5.91. The van der Waals surface area contributed by atoms with E-state index in [1.165, 1.54) is 0 Å². The van der Waals surface area contributed by atoms with Crippen molar-refractivity contribution in [3.05, 3.63) is 79.7 Å². The van der Waals surface area contributed by atoms with Crippen LogP contribution in [0, 0.1) is 13.8 Å². The van der Waals surface area contributed by atoms with Gasteiger partial charge in [-0.15, -0.1) is 0 Å². The highest BCUT2D eigenvalue weighted by molar-refractivity contribution is 6.30. The number of hydrogen-bond donors (Lipinski definition) is 0. The second-order valence-corrected chi connectivity index (χ2v) is 8.77. The number of halogens is 1. The van der Waals surface area contributed by atoms with Gasteiger partial charge in [-0.1, -0.05) is 23.7 Å². The molecule has 0 saturated carbocycles. The lowest BCUT2D eigenvalue weighted by atomic mass is 9.97. The van der Waals surface area contributed by atoms with Crippen LogP contribution in [0.4, 0.5) is 0 Å². The normalized spacial score (nSPS) is 15.9. The first-order chi connectivity index (χ1) is 14.8. The van der Waals surface area contributed by atoms with Gasteiger partial charge < -0.3 is 14.1 Å². The molecule has 1 aromatic heterocycles. The van der Waals surface area contributed by atoms with Crippen molar-refractivity contribution in [2.75, 3.05) is 13.2 Å². The molecule has 2 heterocycles. The second-order valence-electron chi connectivity index (χ2n) is 8.33. The number of rotatable bonds is 6. The molecule has 5 nitrogen and oxygen atoms in total. The molecule has 3 aromatic rings. The van der Waals surface area contributed by atoms with Crippen LogP contribution in [0.15, 0.2) is 45.6 Å². The van der Waals surface area contributed by atoms with E-state index in [1.807, 2.05) is 52.0 Å². The van der Waals surface area contributed by atoms with Crippen LogP contribution in [-0.4, -0.2) is 30.1 Å². The summed E-state index contributed by atoms with van der Waals surface area (Å²) in [6, 6.07) is 10.4. The Balaban J connectivity index is 1.83. The molecular weight excluding hydrogens is 414 g/mol. The summed E-state index contributed by atoms with van der Waals surface area (Å²) in [4.78, 5) is 28.6. The summed E-state index contributed by atoms with van der Waals surface area (Å²) in [5, 5.41) is 1.10. The fourth-order valence-electron chi connectivity index (χ4n) is 4.05. The van der Waals surface area contributed by atoms with E-state index in [1.54, 1.807) is 17.0 Å². The molecule has 2 aromatic carbocycles. The molecule has 6 heteroatoms. The summed E-state index contributed by atoms with van der Waals surface area (Å²) >= 11 is 6.08. The molecule has 1 aliphatic heterocycles. The summed E-state index contributed by atoms with van der Waals surface area (Å²) in [7, 11) is 0. The molecule has 0 fully saturated rings. The molecule has 0 bridgehead atoms. The van der Waals surface area contributed by atoms with Crippen LogP contribution in [0.1, 0.15) is 59.1 Å². The monoisotopic (exact) mass is 439 g/mol. The van der Waals surface area contributed by atoms with Gasteiger partial charge in [-0.3, -0.25) is 9.59 Å². The van der Waals surface area contributed by atoms with Gasteiger partial charge in [-0.25, -0.2) is 0 Å². The number of amides is 1. The van der Waals surface area contributed by atoms with Crippen molar-refractivity contribution >= 4 is 28.5 Å². The fourth-order valence-corrected chi connectivity index (χ4v) is 4.18. The van der Waals surface area contributed by atoms with E-state index in [0.717, 1.165) is 16.7 Å². The fraction of sp³-hybridized carbons (Fsp3) is 0.360. The summed E-state index contributed by atoms with van der Waals surface area (Å²) in [6.45, 7) is 8.87. The lowest BCUT2D eigenvalue weighted by Crippen LogP contribution is -2.31. The second kappa shape index (κ2) is 8.48. The van der Waals surface area contributed by atoms with Gasteiger partial charge in [0.2, 0.25) is 5.76 Å². The van der Waals surface area contributed by atoms with Crippen LogP contribution in [0.2, 0.25) is 5.02 Å². The molecule has 0 saturated heterocycles. The maximum atomic E-state index is 13.6. The van der Waals surface area contributed by atoms with E-state index in [0.29, 0.717) is 41.1 Å². The molecule has 31 heavy (non-hydrogen) atoms. The highest BCUT2D eigenvalue weighted by Gasteiger charge is 2.42. The zero-order valence-electron chi connectivity index (χ0n) is 18.2. The van der Waals surface area contributed by atoms with Crippen molar-refractivity contribution in [1.82, 2.24) is 4.90 Å². The zero-order valence-corrected chi connectivity index (χ0v) is 19.0. The smallest absolute Gasteiger partial charge is 0.290 e. The summed E-state index contributed by atoms with van der Waals surface area (Å²) < 4.78 is 11.7. The highest BCUT2D eigenvalue weighted by atomic mass is 35.5. The lowest BCUT2D eigenvalue weighted by molar-refractivity contribution is 0.0593. The van der Waals surface area contributed by atoms with Crippen LogP contribution < -0.4 is 5.43 Å². The van der Waals surface area contributed by atoms with Crippen molar-refractivity contribution in [3.63, 3.8) is 0 Å². The Hall–Kier alpha value is -2.63. The lowest BCUT2D eigenvalue weighted by Gasteiger charge is -2.25. The predicted octanol–water partition coefficient (Wildman–Crippen LogP) is 5.42. The molecule has 0 radical (unpaired) electrons. The number of nitrogens with zero attached hydrogens (tertiary/aromatic N) is 1. The van der Waals surface area contributed by atoms with Crippen LogP contribution in [0.25, 0.3) is 11.0 Å². The zero-order chi connectivity index (χ0) is 22.3. The summed E-state index contributed by atoms with van der Waals surface area (Å²) in [6.07, 6.45) is 0.784. The van der Waals surface area contributed by atoms with Gasteiger partial charge >= 0.3 is 0 Å². The highest BCUT2D eigenvalue weighted by Crippen LogP contribution is 2.38. The number of hydrogen-bond acceptors (Lipinski definition) is 4. The Morgan fingerprint density at radius 2 is 1.77 bits per heavy atom. The minimum absolute atomic E-state index is 0.124. The van der Waals surface area contributed by atoms with E-state index in [9.17, 15) is 9.59 Å². The third-order valence-corrected chi connectivity index (χ3v) is 6.01. The minimum atomic E-state index is -0.513. The summed E-state index contributed by atoms with van der Waals surface area (Å²) in [5.74, 6) is -0.137. The largest absolute Gasteiger partial charge is 0.450 e. The number of aryl methyl sites for hydroxylation is 2. The average Bonchev–Trinajstić information content (AvgIpc) is 3.00. The Bertz CT molecular complexity index is 1200. The molecule has 0 unspecified atom stereocenters. The van der Waals surface area contributed by atoms with Gasteiger partial charge in [0.1, 0.15) is 5.58 Å². The third kappa shape index (κ3) is 4.00. The van der Waals surface area contributed by atoms with Crippen molar-refractivity contribution in [3.8, 4) is 0 Å². The SMILES string of the molecule is Cc1cc2oc3c(c(=O)c2cc1C)[C@H](c1ccc(Cl)cc1)N(CCCOC(C)C)C3=O. The molecule has 4 rings (SSSR count). The van der Waals surface area contributed by atoms with Gasteiger partial charge in [0.25, 0.3) is 5.91 Å². The van der Waals surface area contributed by atoms with Gasteiger partial charge in [-0.05, 0) is 75.1 Å². The van der Waals surface area contributed by atoms with Crippen molar-refractivity contribution in [1.29, 1.82) is 0 Å². The number of carbonyl (C=O) groups is 1. The van der Waals surface area contributed by atoms with E-state index >= 15 is 0 Å². The van der Waals surface area contributed by atoms with Crippen molar-refractivity contribution < 1.29 is 13.9 Å². The first-order valence-corrected chi connectivity index (χ1v) is 10.9. The molecule has 1 aliphatic rings. The van der Waals surface area contributed by atoms with E-state index in [-0.39, 0.29) is 23.2 Å². The number of benzene rings is 2. The Morgan fingerprint density at radius 1 is 1.10 bits per heavy atom. The standard InChI is InChI=1S/C25H26ClNO4/c1-14(2)30-11-5-10-27-22(17-6-8-18(26)9-7-17)21-23(28)19-12-15(3)16(4)13-20(19)31-24(21)25(27)29/h6-9,12-14,22H,5,10-11H2,1-4H3/t22-/m0/s1. The maximum absolute atomic E-state index is 13.6. The maximum Gasteiger partial charge on any atom is 0.290 e. The molecule has 1 atom stereocenters. The van der Waals surface area contributed by atoms with Crippen LogP contribution in [0.5, 0.6) is 0 Å². The van der Waals surface area contributed by atoms with E-state index in [2.05, 4.69) is 0 Å². The molecule has 162 valence electrons. The van der Waals surface area contributed by atoms with Gasteiger partial charge in [0.05, 0.1) is 23.1 Å². The van der Waals surface area contributed by atoms with Crippen molar-refractivity contribution in [2.45, 2.75) is 46.3 Å². The topological polar surface area (TPSA) is 59.8 Å². The Morgan fingerprint density at radius 3 is 2.45 bits per heavy atom. The molecule has 0 aliphatic carbocycles. The molecule has 0 N–H and O–H groups in total. The predicted molar refractivity (Wildman–Crippen MR) is 122 cm³/mol. The summed E-state index contributed by atoms with van der Waals surface area (Å²) in [5.41, 5.74) is 3.53. The van der Waals surface area contributed by atoms with Gasteiger partial charge in [0, 0.05) is 18.2 Å². The van der Waals surface area contributed by atoms with E-state index in [4.69, 9.17) is 20.8 Å². The van der Waals surface area contributed by atoms with Crippen molar-refractivity contribution in [2.24, 2.45) is 0 Å². The molecule has 1 amide bonds. The van der Waals surface area contributed by atoms with Crippen LogP contribution in [0.3, 0.4) is 0 Å². The number of ether oxygens (including phenoxy) is 1. The van der Waals surface area contributed by atoms with Crippen LogP contribution in [-0.2, 0) is 4.74 Å². The number of fused-ring (bicyclic) bond motifs is 2. The van der Waals surface area contributed by atoms with Crippen LogP contribution >= 0.6 is 11.6 Å². The first kappa shape index (κ1) is 21.6. The van der Waals surface area contributed by atoms with Gasteiger partial charge in [-0.2, -0.15) is 0 Å². The molecule has 0 spiro atoms. The van der Waals surface area contributed by atoms with E-state index < -0.39 is 6.04 Å². The Labute approximate surface area is 186 Å². The first-order valence-electron chi connectivity index (χ1n) is 10.5. The minimum Gasteiger partial charge on any atom is -0.450 e. The average molecular weight is 440 g/mol. The third-order valence-electron chi connectivity index (χ3n) is 5.76. The number of carbonyl (C=O) groups excluding carboxylic acids is 1. The quantitative estimate of drug-likeness (QED) is 0.481. The van der Waals surface area contributed by atoms with Gasteiger partial charge in [0.15, 0.2) is 5.43 Å². The molecular formula is C25H26ClNO4.